The molecule has 134 valence electrons. The molecular formula is C19H23ClN2O3. The second-order valence-electron chi connectivity index (χ2n) is 6.89. The summed E-state index contributed by atoms with van der Waals surface area (Å²) in [4.78, 5) is 38.3. The van der Waals surface area contributed by atoms with Crippen molar-refractivity contribution in [1.82, 2.24) is 10.2 Å². The highest BCUT2D eigenvalue weighted by atomic mass is 35.5. The third kappa shape index (κ3) is 3.71. The van der Waals surface area contributed by atoms with E-state index in [0.717, 1.165) is 31.2 Å². The zero-order chi connectivity index (χ0) is 18.0. The highest BCUT2D eigenvalue weighted by Gasteiger charge is 2.47. The predicted molar refractivity (Wildman–Crippen MR) is 94.8 cm³/mol. The first-order chi connectivity index (χ1) is 12.0. The van der Waals surface area contributed by atoms with Crippen molar-refractivity contribution < 1.29 is 14.4 Å². The van der Waals surface area contributed by atoms with Crippen LogP contribution in [0.1, 0.15) is 50.6 Å². The molecule has 1 aliphatic heterocycles. The number of hydrogen-bond donors (Lipinski definition) is 1. The van der Waals surface area contributed by atoms with Gasteiger partial charge in [0.1, 0.15) is 0 Å². The third-order valence-corrected chi connectivity index (χ3v) is 5.59. The molecule has 1 aliphatic carbocycles. The van der Waals surface area contributed by atoms with Gasteiger partial charge in [0.25, 0.3) is 0 Å². The van der Waals surface area contributed by atoms with Crippen LogP contribution >= 0.6 is 11.6 Å². The summed E-state index contributed by atoms with van der Waals surface area (Å²) in [5.41, 5.74) is 0.844. The van der Waals surface area contributed by atoms with E-state index in [1.807, 2.05) is 25.1 Å². The first-order valence-corrected chi connectivity index (χ1v) is 9.26. The summed E-state index contributed by atoms with van der Waals surface area (Å²) in [6, 6.07) is 7.13. The van der Waals surface area contributed by atoms with Crippen molar-refractivity contribution in [2.75, 3.05) is 6.54 Å². The number of halogens is 1. The van der Waals surface area contributed by atoms with E-state index in [0.29, 0.717) is 5.02 Å². The lowest BCUT2D eigenvalue weighted by Gasteiger charge is -2.19. The van der Waals surface area contributed by atoms with Crippen molar-refractivity contribution in [1.29, 1.82) is 0 Å². The van der Waals surface area contributed by atoms with Crippen LogP contribution in [0.25, 0.3) is 0 Å². The molecule has 1 N–H and O–H groups in total. The molecule has 1 aromatic rings. The van der Waals surface area contributed by atoms with Crippen LogP contribution in [-0.2, 0) is 14.4 Å². The molecule has 1 saturated heterocycles. The molecule has 0 bridgehead atoms. The third-order valence-electron chi connectivity index (χ3n) is 5.24. The summed E-state index contributed by atoms with van der Waals surface area (Å²) < 4.78 is 0. The molecule has 1 heterocycles. The van der Waals surface area contributed by atoms with Crippen molar-refractivity contribution in [3.05, 3.63) is 34.9 Å². The SMILES string of the molecule is CC(NC(=O)CCN1C(=O)C2CCCCC2C1=O)c1ccccc1Cl. The number of benzene rings is 1. The minimum absolute atomic E-state index is 0.0957. The van der Waals surface area contributed by atoms with Gasteiger partial charge in [-0.25, -0.2) is 0 Å². The van der Waals surface area contributed by atoms with Gasteiger partial charge in [0.2, 0.25) is 17.7 Å². The van der Waals surface area contributed by atoms with E-state index < -0.39 is 0 Å². The number of carbonyl (C=O) groups is 3. The molecule has 1 aromatic carbocycles. The number of nitrogens with one attached hydrogen (secondary N) is 1. The van der Waals surface area contributed by atoms with Crippen LogP contribution in [-0.4, -0.2) is 29.2 Å². The number of fused-ring (bicyclic) bond motifs is 1. The topological polar surface area (TPSA) is 66.5 Å². The number of carbonyl (C=O) groups excluding carboxylic acids is 3. The number of hydrogen-bond acceptors (Lipinski definition) is 3. The average molecular weight is 363 g/mol. The molecular weight excluding hydrogens is 340 g/mol. The van der Waals surface area contributed by atoms with Gasteiger partial charge >= 0.3 is 0 Å². The second kappa shape index (κ2) is 7.56. The van der Waals surface area contributed by atoms with E-state index in [1.165, 1.54) is 4.90 Å². The number of amides is 3. The van der Waals surface area contributed by atoms with Gasteiger partial charge < -0.3 is 5.32 Å². The van der Waals surface area contributed by atoms with Crippen LogP contribution < -0.4 is 5.32 Å². The molecule has 5 nitrogen and oxygen atoms in total. The van der Waals surface area contributed by atoms with Crippen LogP contribution in [0.4, 0.5) is 0 Å². The van der Waals surface area contributed by atoms with Crippen LogP contribution in [0.5, 0.6) is 0 Å². The van der Waals surface area contributed by atoms with Gasteiger partial charge in [-0.3, -0.25) is 19.3 Å². The number of imide groups is 1. The molecule has 0 aromatic heterocycles. The zero-order valence-electron chi connectivity index (χ0n) is 14.3. The Morgan fingerprint density at radius 1 is 1.20 bits per heavy atom. The number of likely N-dealkylation sites (tertiary alicyclic amines) is 1. The molecule has 3 rings (SSSR count). The van der Waals surface area contributed by atoms with Crippen molar-refractivity contribution >= 4 is 29.3 Å². The predicted octanol–water partition coefficient (Wildman–Crippen LogP) is 3.08. The minimum Gasteiger partial charge on any atom is -0.349 e. The summed E-state index contributed by atoms with van der Waals surface area (Å²) in [6.45, 7) is 2.02. The number of rotatable bonds is 5. The Bertz CT molecular complexity index is 667. The van der Waals surface area contributed by atoms with Gasteiger partial charge in [0.15, 0.2) is 0 Å². The highest BCUT2D eigenvalue weighted by Crippen LogP contribution is 2.38. The average Bonchev–Trinajstić information content (AvgIpc) is 2.85. The van der Waals surface area contributed by atoms with Crippen LogP contribution in [0.3, 0.4) is 0 Å². The van der Waals surface area contributed by atoms with Gasteiger partial charge in [-0.15, -0.1) is 0 Å². The summed E-state index contributed by atoms with van der Waals surface area (Å²) in [6.07, 6.45) is 3.71. The Balaban J connectivity index is 1.55. The maximum absolute atomic E-state index is 12.4. The van der Waals surface area contributed by atoms with Gasteiger partial charge in [0.05, 0.1) is 17.9 Å². The summed E-state index contributed by atoms with van der Waals surface area (Å²) >= 11 is 6.14. The highest BCUT2D eigenvalue weighted by molar-refractivity contribution is 6.31. The lowest BCUT2D eigenvalue weighted by molar-refractivity contribution is -0.140. The summed E-state index contributed by atoms with van der Waals surface area (Å²) in [5, 5.41) is 3.48. The fourth-order valence-corrected chi connectivity index (χ4v) is 4.18. The minimum atomic E-state index is -0.228. The van der Waals surface area contributed by atoms with E-state index in [4.69, 9.17) is 11.6 Å². The first kappa shape index (κ1) is 17.9. The van der Waals surface area contributed by atoms with Crippen molar-refractivity contribution in [2.24, 2.45) is 11.8 Å². The molecule has 6 heteroatoms. The van der Waals surface area contributed by atoms with Crippen molar-refractivity contribution in [2.45, 2.75) is 45.1 Å². The maximum Gasteiger partial charge on any atom is 0.233 e. The van der Waals surface area contributed by atoms with Crippen LogP contribution in [0.2, 0.25) is 5.02 Å². The van der Waals surface area contributed by atoms with E-state index in [-0.39, 0.29) is 48.6 Å². The Kier molecular flexibility index (Phi) is 5.42. The van der Waals surface area contributed by atoms with Crippen molar-refractivity contribution in [3.8, 4) is 0 Å². The smallest absolute Gasteiger partial charge is 0.233 e. The van der Waals surface area contributed by atoms with E-state index in [2.05, 4.69) is 5.32 Å². The first-order valence-electron chi connectivity index (χ1n) is 8.88. The number of nitrogens with zero attached hydrogens (tertiary/aromatic N) is 1. The molecule has 1 saturated carbocycles. The van der Waals surface area contributed by atoms with Crippen molar-refractivity contribution in [3.63, 3.8) is 0 Å². The van der Waals surface area contributed by atoms with E-state index >= 15 is 0 Å². The maximum atomic E-state index is 12.4. The Morgan fingerprint density at radius 3 is 2.40 bits per heavy atom. The van der Waals surface area contributed by atoms with Crippen LogP contribution in [0, 0.1) is 11.8 Å². The van der Waals surface area contributed by atoms with Gasteiger partial charge in [-0.05, 0) is 31.4 Å². The molecule has 3 amide bonds. The van der Waals surface area contributed by atoms with Gasteiger partial charge in [-0.1, -0.05) is 42.6 Å². The lowest BCUT2D eigenvalue weighted by atomic mass is 9.81. The molecule has 2 fully saturated rings. The monoisotopic (exact) mass is 362 g/mol. The molecule has 0 radical (unpaired) electrons. The molecule has 2 aliphatic rings. The normalized spacial score (nSPS) is 24.2. The quantitative estimate of drug-likeness (QED) is 0.818. The zero-order valence-corrected chi connectivity index (χ0v) is 15.1. The molecule has 3 unspecified atom stereocenters. The molecule has 0 spiro atoms. The summed E-state index contributed by atoms with van der Waals surface area (Å²) in [5.74, 6) is -0.705. The Morgan fingerprint density at radius 2 is 1.80 bits per heavy atom. The Labute approximate surface area is 152 Å². The van der Waals surface area contributed by atoms with Gasteiger partial charge in [-0.2, -0.15) is 0 Å². The standard InChI is InChI=1S/C19H23ClN2O3/c1-12(13-6-4-5-9-16(13)20)21-17(23)10-11-22-18(24)14-7-2-3-8-15(14)19(22)25/h4-6,9,12,14-15H,2-3,7-8,10-11H2,1H3,(H,21,23). The van der Waals surface area contributed by atoms with E-state index in [1.54, 1.807) is 6.07 Å². The fraction of sp³-hybridized carbons (Fsp3) is 0.526. The fourth-order valence-electron chi connectivity index (χ4n) is 3.88. The second-order valence-corrected chi connectivity index (χ2v) is 7.29. The Hall–Kier alpha value is -1.88. The molecule has 3 atom stereocenters. The largest absolute Gasteiger partial charge is 0.349 e. The van der Waals surface area contributed by atoms with Crippen LogP contribution in [0.15, 0.2) is 24.3 Å². The molecule has 25 heavy (non-hydrogen) atoms. The lowest BCUT2D eigenvalue weighted by Crippen LogP contribution is -2.36. The van der Waals surface area contributed by atoms with Gasteiger partial charge in [0, 0.05) is 18.0 Å². The van der Waals surface area contributed by atoms with E-state index in [9.17, 15) is 14.4 Å². The summed E-state index contributed by atoms with van der Waals surface area (Å²) in [7, 11) is 0.